The first-order valence-electron chi connectivity index (χ1n) is 8.48. The minimum Gasteiger partial charge on any atom is -0.309 e. The first-order chi connectivity index (χ1) is 10.3. The van der Waals surface area contributed by atoms with Crippen molar-refractivity contribution in [2.45, 2.75) is 58.0 Å². The van der Waals surface area contributed by atoms with Crippen molar-refractivity contribution in [1.29, 1.82) is 0 Å². The van der Waals surface area contributed by atoms with Gasteiger partial charge in [-0.2, -0.15) is 0 Å². The fourth-order valence-electron chi connectivity index (χ4n) is 3.47. The van der Waals surface area contributed by atoms with Crippen LogP contribution in [0.1, 0.15) is 57.6 Å². The Morgan fingerprint density at radius 2 is 2.10 bits per heavy atom. The van der Waals surface area contributed by atoms with Gasteiger partial charge in [0.1, 0.15) is 5.82 Å². The van der Waals surface area contributed by atoms with Gasteiger partial charge in [0.15, 0.2) is 0 Å². The number of halogens is 1. The molecule has 0 radical (unpaired) electrons. The van der Waals surface area contributed by atoms with E-state index in [4.69, 9.17) is 0 Å². The molecule has 1 saturated heterocycles. The average Bonchev–Trinajstić information content (AvgIpc) is 2.49. The molecule has 0 aromatic heterocycles. The number of rotatable bonds is 7. The molecule has 1 heterocycles. The molecule has 1 aromatic carbocycles. The molecule has 1 aliphatic rings. The fourth-order valence-corrected chi connectivity index (χ4v) is 3.47. The zero-order chi connectivity index (χ0) is 15.1. The van der Waals surface area contributed by atoms with Gasteiger partial charge in [-0.3, -0.25) is 4.90 Å². The Labute approximate surface area is 128 Å². The summed E-state index contributed by atoms with van der Waals surface area (Å²) in [5, 5.41) is 3.47. The first kappa shape index (κ1) is 16.4. The van der Waals surface area contributed by atoms with Gasteiger partial charge in [-0.25, -0.2) is 4.39 Å². The quantitative estimate of drug-likeness (QED) is 0.813. The van der Waals surface area contributed by atoms with Crippen molar-refractivity contribution in [2.24, 2.45) is 0 Å². The lowest BCUT2D eigenvalue weighted by Gasteiger charge is -2.38. The van der Waals surface area contributed by atoms with E-state index in [-0.39, 0.29) is 11.9 Å². The van der Waals surface area contributed by atoms with Crippen molar-refractivity contribution < 1.29 is 4.39 Å². The first-order valence-corrected chi connectivity index (χ1v) is 8.48. The van der Waals surface area contributed by atoms with Gasteiger partial charge in [-0.15, -0.1) is 0 Å². The van der Waals surface area contributed by atoms with E-state index < -0.39 is 0 Å². The summed E-state index contributed by atoms with van der Waals surface area (Å²) in [5.41, 5.74) is 0.806. The molecule has 21 heavy (non-hydrogen) atoms. The summed E-state index contributed by atoms with van der Waals surface area (Å²) in [5.74, 6) is -0.0903. The number of nitrogens with zero attached hydrogens (tertiary/aromatic N) is 1. The normalized spacial score (nSPS) is 21.4. The van der Waals surface area contributed by atoms with E-state index in [1.54, 1.807) is 12.1 Å². The summed E-state index contributed by atoms with van der Waals surface area (Å²) in [6.07, 6.45) is 6.40. The van der Waals surface area contributed by atoms with E-state index >= 15 is 0 Å². The maximum Gasteiger partial charge on any atom is 0.128 e. The molecule has 2 atom stereocenters. The van der Waals surface area contributed by atoms with Crippen LogP contribution in [0.25, 0.3) is 0 Å². The van der Waals surface area contributed by atoms with Crippen molar-refractivity contribution in [3.8, 4) is 0 Å². The highest BCUT2D eigenvalue weighted by Crippen LogP contribution is 2.25. The monoisotopic (exact) mass is 292 g/mol. The molecular formula is C18H29FN2. The third-order valence-electron chi connectivity index (χ3n) is 4.52. The van der Waals surface area contributed by atoms with Crippen LogP contribution in [-0.4, -0.2) is 30.6 Å². The third kappa shape index (κ3) is 4.52. The van der Waals surface area contributed by atoms with Crippen molar-refractivity contribution in [2.75, 3.05) is 19.6 Å². The predicted molar refractivity (Wildman–Crippen MR) is 86.9 cm³/mol. The molecule has 2 unspecified atom stereocenters. The van der Waals surface area contributed by atoms with Crippen LogP contribution in [0.15, 0.2) is 24.3 Å². The number of likely N-dealkylation sites (N-methyl/N-ethyl adjacent to an activating group) is 1. The van der Waals surface area contributed by atoms with E-state index in [0.29, 0.717) is 6.04 Å². The SMILES string of the molecule is CCCC1CCCCN1CC(NCC)c1ccccc1F. The molecule has 3 heteroatoms. The molecule has 0 spiro atoms. The molecule has 1 aliphatic heterocycles. The highest BCUT2D eigenvalue weighted by atomic mass is 19.1. The highest BCUT2D eigenvalue weighted by molar-refractivity contribution is 5.21. The van der Waals surface area contributed by atoms with E-state index in [1.165, 1.54) is 32.1 Å². The van der Waals surface area contributed by atoms with Gasteiger partial charge in [0.2, 0.25) is 0 Å². The zero-order valence-electron chi connectivity index (χ0n) is 13.4. The van der Waals surface area contributed by atoms with Gasteiger partial charge in [-0.05, 0) is 38.4 Å². The Balaban J connectivity index is 2.09. The molecule has 0 amide bonds. The van der Waals surface area contributed by atoms with Gasteiger partial charge in [0.25, 0.3) is 0 Å². The van der Waals surface area contributed by atoms with Crippen LogP contribution in [0.5, 0.6) is 0 Å². The van der Waals surface area contributed by atoms with E-state index in [1.807, 2.05) is 12.1 Å². The number of benzene rings is 1. The molecule has 2 rings (SSSR count). The molecule has 1 fully saturated rings. The smallest absolute Gasteiger partial charge is 0.128 e. The Hall–Kier alpha value is -0.930. The van der Waals surface area contributed by atoms with Crippen molar-refractivity contribution in [1.82, 2.24) is 10.2 Å². The zero-order valence-corrected chi connectivity index (χ0v) is 13.4. The highest BCUT2D eigenvalue weighted by Gasteiger charge is 2.25. The largest absolute Gasteiger partial charge is 0.309 e. The second-order valence-electron chi connectivity index (χ2n) is 6.06. The number of hydrogen-bond donors (Lipinski definition) is 1. The standard InChI is InChI=1S/C18H29FN2/c1-3-9-15-10-7-8-13-21(15)14-18(20-4-2)16-11-5-6-12-17(16)19/h5-6,11-12,15,18,20H,3-4,7-10,13-14H2,1-2H3. The van der Waals surface area contributed by atoms with Crippen LogP contribution in [-0.2, 0) is 0 Å². The molecule has 2 nitrogen and oxygen atoms in total. The van der Waals surface area contributed by atoms with Gasteiger partial charge in [0.05, 0.1) is 0 Å². The minimum atomic E-state index is -0.0903. The number of likely N-dealkylation sites (tertiary alicyclic amines) is 1. The molecular weight excluding hydrogens is 263 g/mol. The molecule has 118 valence electrons. The lowest BCUT2D eigenvalue weighted by Crippen LogP contribution is -2.44. The lowest BCUT2D eigenvalue weighted by atomic mass is 9.96. The van der Waals surface area contributed by atoms with Gasteiger partial charge < -0.3 is 5.32 Å². The van der Waals surface area contributed by atoms with Crippen LogP contribution in [0.4, 0.5) is 4.39 Å². The molecule has 0 aliphatic carbocycles. The topological polar surface area (TPSA) is 15.3 Å². The Morgan fingerprint density at radius 3 is 2.81 bits per heavy atom. The van der Waals surface area contributed by atoms with E-state index in [0.717, 1.165) is 25.2 Å². The Morgan fingerprint density at radius 1 is 1.29 bits per heavy atom. The maximum absolute atomic E-state index is 14.1. The van der Waals surface area contributed by atoms with Crippen LogP contribution < -0.4 is 5.32 Å². The van der Waals surface area contributed by atoms with Crippen LogP contribution in [0, 0.1) is 5.82 Å². The Kier molecular flexibility index (Phi) is 6.65. The summed E-state index contributed by atoms with van der Waals surface area (Å²) < 4.78 is 14.1. The molecule has 1 aromatic rings. The summed E-state index contributed by atoms with van der Waals surface area (Å²) in [6.45, 7) is 7.28. The molecule has 0 bridgehead atoms. The summed E-state index contributed by atoms with van der Waals surface area (Å²) >= 11 is 0. The van der Waals surface area contributed by atoms with Crippen LogP contribution >= 0.6 is 0 Å². The van der Waals surface area contributed by atoms with Crippen molar-refractivity contribution in [3.05, 3.63) is 35.6 Å². The van der Waals surface area contributed by atoms with E-state index in [9.17, 15) is 4.39 Å². The summed E-state index contributed by atoms with van der Waals surface area (Å²) in [4.78, 5) is 2.58. The lowest BCUT2D eigenvalue weighted by molar-refractivity contribution is 0.124. The van der Waals surface area contributed by atoms with E-state index in [2.05, 4.69) is 24.1 Å². The second-order valence-corrected chi connectivity index (χ2v) is 6.06. The number of piperidine rings is 1. The predicted octanol–water partition coefficient (Wildman–Crippen LogP) is 4.13. The van der Waals surface area contributed by atoms with Gasteiger partial charge in [-0.1, -0.05) is 44.9 Å². The number of hydrogen-bond acceptors (Lipinski definition) is 2. The van der Waals surface area contributed by atoms with Gasteiger partial charge >= 0.3 is 0 Å². The second kappa shape index (κ2) is 8.50. The summed E-state index contributed by atoms with van der Waals surface area (Å²) in [6, 6.07) is 7.96. The molecule has 0 saturated carbocycles. The van der Waals surface area contributed by atoms with Crippen LogP contribution in [0.2, 0.25) is 0 Å². The van der Waals surface area contributed by atoms with Crippen molar-refractivity contribution in [3.63, 3.8) is 0 Å². The van der Waals surface area contributed by atoms with Crippen molar-refractivity contribution >= 4 is 0 Å². The fraction of sp³-hybridized carbons (Fsp3) is 0.667. The Bertz CT molecular complexity index is 419. The third-order valence-corrected chi connectivity index (χ3v) is 4.52. The number of nitrogens with one attached hydrogen (secondary N) is 1. The van der Waals surface area contributed by atoms with Gasteiger partial charge in [0, 0.05) is 24.2 Å². The van der Waals surface area contributed by atoms with Crippen LogP contribution in [0.3, 0.4) is 0 Å². The maximum atomic E-state index is 14.1. The minimum absolute atomic E-state index is 0.0903. The summed E-state index contributed by atoms with van der Waals surface area (Å²) in [7, 11) is 0. The molecule has 1 N–H and O–H groups in total. The average molecular weight is 292 g/mol.